The molecule has 5 heteroatoms. The van der Waals surface area contributed by atoms with Gasteiger partial charge in [0.25, 0.3) is 0 Å². The molecule has 0 rings (SSSR count). The molecular weight excluding hydrogens is 258 g/mol. The van der Waals surface area contributed by atoms with Crippen molar-refractivity contribution in [2.24, 2.45) is 0 Å². The van der Waals surface area contributed by atoms with Gasteiger partial charge in [0, 0.05) is 0 Å². The summed E-state index contributed by atoms with van der Waals surface area (Å²) in [5, 5.41) is 0. The summed E-state index contributed by atoms with van der Waals surface area (Å²) in [6.07, 6.45) is 2.08. The highest BCUT2D eigenvalue weighted by atomic mass is 16.6. The second kappa shape index (κ2) is 6.77. The van der Waals surface area contributed by atoms with E-state index in [2.05, 4.69) is 0 Å². The van der Waals surface area contributed by atoms with E-state index in [0.29, 0.717) is 0 Å². The summed E-state index contributed by atoms with van der Waals surface area (Å²) in [5.41, 5.74) is -1.35. The highest BCUT2D eigenvalue weighted by Gasteiger charge is 2.33. The summed E-state index contributed by atoms with van der Waals surface area (Å²) in [4.78, 5) is 25.3. The molecule has 116 valence electrons. The number of carbonyl (C=O) groups is 2. The Hall–Kier alpha value is -1.52. The van der Waals surface area contributed by atoms with Crippen LogP contribution < -0.4 is 0 Å². The Bertz CT molecular complexity index is 346. The molecule has 2 amide bonds. The maximum absolute atomic E-state index is 12.2. The van der Waals surface area contributed by atoms with E-state index in [1.165, 1.54) is 0 Å². The molecule has 0 aromatic rings. The molecule has 1 atom stereocenters. The Morgan fingerprint density at radius 2 is 1.30 bits per heavy atom. The first kappa shape index (κ1) is 18.5. The number of ether oxygens (including phenoxy) is 2. The zero-order chi connectivity index (χ0) is 16.1. The van der Waals surface area contributed by atoms with Crippen LogP contribution in [0.15, 0.2) is 12.2 Å². The number of imide groups is 1. The summed E-state index contributed by atoms with van der Waals surface area (Å²) in [5.74, 6) is 0. The maximum atomic E-state index is 12.2. The second-order valence-electron chi connectivity index (χ2n) is 6.60. The van der Waals surface area contributed by atoms with Gasteiger partial charge in [-0.2, -0.15) is 0 Å². The molecular formula is C15H27NO4. The minimum Gasteiger partial charge on any atom is -0.443 e. The largest absolute Gasteiger partial charge is 0.443 e. The molecule has 0 aliphatic heterocycles. The van der Waals surface area contributed by atoms with E-state index in [4.69, 9.17) is 9.47 Å². The lowest BCUT2D eigenvalue weighted by Crippen LogP contribution is -2.47. The van der Waals surface area contributed by atoms with Crippen molar-refractivity contribution in [1.82, 2.24) is 4.90 Å². The first-order valence-corrected chi connectivity index (χ1v) is 6.75. The molecule has 0 spiro atoms. The summed E-state index contributed by atoms with van der Waals surface area (Å²) in [6, 6.07) is -0.440. The van der Waals surface area contributed by atoms with Gasteiger partial charge < -0.3 is 9.47 Å². The summed E-state index contributed by atoms with van der Waals surface area (Å²) in [7, 11) is 0. The Morgan fingerprint density at radius 1 is 0.950 bits per heavy atom. The van der Waals surface area contributed by atoms with Gasteiger partial charge in [-0.1, -0.05) is 12.2 Å². The number of amides is 2. The molecule has 0 radical (unpaired) electrons. The van der Waals surface area contributed by atoms with E-state index in [9.17, 15) is 9.59 Å². The lowest BCUT2D eigenvalue weighted by Gasteiger charge is -2.30. The van der Waals surface area contributed by atoms with Crippen LogP contribution in [-0.4, -0.2) is 34.3 Å². The van der Waals surface area contributed by atoms with Crippen molar-refractivity contribution in [2.75, 3.05) is 0 Å². The standard InChI is InChI=1S/C15H27NO4/c1-9-10-11(2)16(12(17)19-14(3,4)5)13(18)20-15(6,7)8/h9-11H,1-8H3/b10-9+. The summed E-state index contributed by atoms with van der Waals surface area (Å²) in [6.45, 7) is 14.0. The van der Waals surface area contributed by atoms with E-state index in [1.807, 2.05) is 6.92 Å². The van der Waals surface area contributed by atoms with Gasteiger partial charge in [-0.25, -0.2) is 14.5 Å². The van der Waals surface area contributed by atoms with Gasteiger partial charge in [-0.05, 0) is 55.4 Å². The first-order chi connectivity index (χ1) is 8.87. The molecule has 0 aromatic carbocycles. The minimum absolute atomic E-state index is 0.440. The smallest absolute Gasteiger partial charge is 0.420 e. The average Bonchev–Trinajstić information content (AvgIpc) is 2.11. The van der Waals surface area contributed by atoms with Gasteiger partial charge >= 0.3 is 12.2 Å². The first-order valence-electron chi connectivity index (χ1n) is 6.75. The zero-order valence-electron chi connectivity index (χ0n) is 13.8. The van der Waals surface area contributed by atoms with Gasteiger partial charge in [0.15, 0.2) is 0 Å². The molecule has 0 saturated carbocycles. The topological polar surface area (TPSA) is 55.8 Å². The highest BCUT2D eigenvalue weighted by Crippen LogP contribution is 2.17. The van der Waals surface area contributed by atoms with E-state index in [0.717, 1.165) is 4.90 Å². The Labute approximate surface area is 121 Å². The van der Waals surface area contributed by atoms with Crippen LogP contribution in [-0.2, 0) is 9.47 Å². The van der Waals surface area contributed by atoms with Gasteiger partial charge in [0.2, 0.25) is 0 Å². The Balaban J connectivity index is 5.18. The number of hydrogen-bond donors (Lipinski definition) is 0. The van der Waals surface area contributed by atoms with Crippen LogP contribution in [0.5, 0.6) is 0 Å². The molecule has 0 N–H and O–H groups in total. The van der Waals surface area contributed by atoms with E-state index in [-0.39, 0.29) is 0 Å². The van der Waals surface area contributed by atoms with Crippen molar-refractivity contribution in [3.05, 3.63) is 12.2 Å². The third-order valence-electron chi connectivity index (χ3n) is 2.06. The fourth-order valence-electron chi connectivity index (χ4n) is 1.39. The van der Waals surface area contributed by atoms with Crippen LogP contribution in [0.3, 0.4) is 0 Å². The van der Waals surface area contributed by atoms with Crippen LogP contribution >= 0.6 is 0 Å². The van der Waals surface area contributed by atoms with Gasteiger partial charge in [0.1, 0.15) is 11.2 Å². The van der Waals surface area contributed by atoms with Crippen LogP contribution in [0.2, 0.25) is 0 Å². The molecule has 0 fully saturated rings. The minimum atomic E-state index is -0.711. The van der Waals surface area contributed by atoms with Gasteiger partial charge in [-0.15, -0.1) is 0 Å². The van der Waals surface area contributed by atoms with Crippen LogP contribution in [0.25, 0.3) is 0 Å². The molecule has 0 aromatic heterocycles. The van der Waals surface area contributed by atoms with Crippen molar-refractivity contribution in [3.63, 3.8) is 0 Å². The second-order valence-corrected chi connectivity index (χ2v) is 6.60. The normalized spacial score (nSPS) is 14.0. The number of rotatable bonds is 2. The number of hydrogen-bond acceptors (Lipinski definition) is 4. The van der Waals surface area contributed by atoms with Crippen LogP contribution in [0, 0.1) is 0 Å². The van der Waals surface area contributed by atoms with Crippen LogP contribution in [0.4, 0.5) is 9.59 Å². The third kappa shape index (κ3) is 7.16. The van der Waals surface area contributed by atoms with Crippen molar-refractivity contribution < 1.29 is 19.1 Å². The fourth-order valence-corrected chi connectivity index (χ4v) is 1.39. The van der Waals surface area contributed by atoms with Crippen LogP contribution in [0.1, 0.15) is 55.4 Å². The Morgan fingerprint density at radius 3 is 1.55 bits per heavy atom. The molecule has 0 bridgehead atoms. The van der Waals surface area contributed by atoms with E-state index >= 15 is 0 Å². The van der Waals surface area contributed by atoms with E-state index in [1.54, 1.807) is 60.6 Å². The molecule has 0 saturated heterocycles. The average molecular weight is 285 g/mol. The lowest BCUT2D eigenvalue weighted by molar-refractivity contribution is -0.00232. The number of carbonyl (C=O) groups excluding carboxylic acids is 2. The number of nitrogens with zero attached hydrogens (tertiary/aromatic N) is 1. The van der Waals surface area contributed by atoms with Gasteiger partial charge in [0.05, 0.1) is 6.04 Å². The molecule has 0 aliphatic carbocycles. The quantitative estimate of drug-likeness (QED) is 0.716. The molecule has 20 heavy (non-hydrogen) atoms. The number of allylic oxidation sites excluding steroid dienone is 1. The maximum Gasteiger partial charge on any atom is 0.420 e. The predicted octanol–water partition coefficient (Wildman–Crippen LogP) is 4.12. The Kier molecular flexibility index (Phi) is 6.26. The molecule has 5 nitrogen and oxygen atoms in total. The van der Waals surface area contributed by atoms with Crippen molar-refractivity contribution in [1.29, 1.82) is 0 Å². The van der Waals surface area contributed by atoms with Crippen molar-refractivity contribution >= 4 is 12.2 Å². The fraction of sp³-hybridized carbons (Fsp3) is 0.733. The monoisotopic (exact) mass is 285 g/mol. The lowest BCUT2D eigenvalue weighted by atomic mass is 10.2. The molecule has 1 unspecified atom stereocenters. The van der Waals surface area contributed by atoms with Gasteiger partial charge in [-0.3, -0.25) is 0 Å². The molecule has 0 aliphatic rings. The summed E-state index contributed by atoms with van der Waals surface area (Å²) >= 11 is 0. The zero-order valence-corrected chi connectivity index (χ0v) is 13.8. The SMILES string of the molecule is C/C=C/C(C)N(C(=O)OC(C)(C)C)C(=O)OC(C)(C)C. The van der Waals surface area contributed by atoms with Crippen molar-refractivity contribution in [3.8, 4) is 0 Å². The van der Waals surface area contributed by atoms with E-state index < -0.39 is 29.4 Å². The third-order valence-corrected chi connectivity index (χ3v) is 2.06. The summed E-state index contributed by atoms with van der Waals surface area (Å²) < 4.78 is 10.5. The van der Waals surface area contributed by atoms with Crippen molar-refractivity contribution in [2.45, 2.75) is 72.6 Å². The highest BCUT2D eigenvalue weighted by molar-refractivity contribution is 5.88. The molecule has 0 heterocycles. The predicted molar refractivity (Wildman–Crippen MR) is 78.6 cm³/mol.